The van der Waals surface area contributed by atoms with Gasteiger partial charge >= 0.3 is 0 Å². The largest absolute Gasteiger partial charge is 0.396 e. The Hall–Kier alpha value is -2.54. The highest BCUT2D eigenvalue weighted by Crippen LogP contribution is 2.19. The number of aliphatic hydroxyl groups is 1. The zero-order chi connectivity index (χ0) is 20.1. The Morgan fingerprint density at radius 2 is 1.76 bits per heavy atom. The van der Waals surface area contributed by atoms with Crippen molar-refractivity contribution >= 4 is 0 Å². The monoisotopic (exact) mass is 394 g/mol. The van der Waals surface area contributed by atoms with Crippen LogP contribution >= 0.6 is 0 Å². The van der Waals surface area contributed by atoms with E-state index in [1.165, 1.54) is 11.6 Å². The van der Waals surface area contributed by atoms with Gasteiger partial charge in [0, 0.05) is 57.1 Å². The molecular formula is C23H27FN4O. The zero-order valence-electron chi connectivity index (χ0n) is 16.5. The molecule has 0 radical (unpaired) electrons. The number of aromatic nitrogens is 2. The lowest BCUT2D eigenvalue weighted by atomic mass is 10.1. The van der Waals surface area contributed by atoms with Gasteiger partial charge in [0.2, 0.25) is 0 Å². The van der Waals surface area contributed by atoms with Crippen LogP contribution < -0.4 is 0 Å². The Labute approximate surface area is 171 Å². The molecule has 0 amide bonds. The SMILES string of the molecule is OCC[C@@H]1CN(Cc2cnn(-c3ccccc3F)c2)CCN1Cc1ccccc1. The highest BCUT2D eigenvalue weighted by molar-refractivity contribution is 5.33. The molecule has 5 nitrogen and oxygen atoms in total. The summed E-state index contributed by atoms with van der Waals surface area (Å²) in [5.41, 5.74) is 2.83. The van der Waals surface area contributed by atoms with Gasteiger partial charge in [0.1, 0.15) is 11.5 Å². The molecule has 6 heteroatoms. The summed E-state index contributed by atoms with van der Waals surface area (Å²) in [4.78, 5) is 4.86. The molecule has 4 rings (SSSR count). The fraction of sp³-hybridized carbons (Fsp3) is 0.348. The van der Waals surface area contributed by atoms with Crippen molar-refractivity contribution in [3.05, 3.63) is 83.9 Å². The van der Waals surface area contributed by atoms with Gasteiger partial charge in [-0.25, -0.2) is 9.07 Å². The number of para-hydroxylation sites is 1. The molecule has 1 aliphatic heterocycles. The molecule has 1 N–H and O–H groups in total. The second kappa shape index (κ2) is 9.31. The minimum atomic E-state index is -0.278. The first-order valence-corrected chi connectivity index (χ1v) is 10.1. The highest BCUT2D eigenvalue weighted by Gasteiger charge is 2.26. The molecule has 1 aromatic heterocycles. The number of benzene rings is 2. The van der Waals surface area contributed by atoms with Crippen molar-refractivity contribution in [3.8, 4) is 5.69 Å². The summed E-state index contributed by atoms with van der Waals surface area (Å²) in [6, 6.07) is 17.5. The molecule has 0 unspecified atom stereocenters. The van der Waals surface area contributed by atoms with Crippen LogP contribution in [0.15, 0.2) is 67.0 Å². The second-order valence-electron chi connectivity index (χ2n) is 7.60. The Morgan fingerprint density at radius 3 is 2.55 bits per heavy atom. The van der Waals surface area contributed by atoms with E-state index in [4.69, 9.17) is 0 Å². The van der Waals surface area contributed by atoms with E-state index in [1.54, 1.807) is 16.8 Å². The molecule has 0 bridgehead atoms. The lowest BCUT2D eigenvalue weighted by Crippen LogP contribution is -2.52. The number of piperazine rings is 1. The van der Waals surface area contributed by atoms with Crippen molar-refractivity contribution < 1.29 is 9.50 Å². The van der Waals surface area contributed by atoms with Crippen LogP contribution in [-0.2, 0) is 13.1 Å². The average Bonchev–Trinajstić information content (AvgIpc) is 3.19. The van der Waals surface area contributed by atoms with Gasteiger partial charge in [-0.05, 0) is 24.1 Å². The fourth-order valence-electron chi connectivity index (χ4n) is 4.02. The first-order chi connectivity index (χ1) is 14.2. The standard InChI is InChI=1S/C23H27FN4O/c24-22-8-4-5-9-23(22)28-17-20(14-25-28)15-26-11-12-27(21(18-26)10-13-29)16-19-6-2-1-3-7-19/h1-9,14,17,21,29H,10-13,15-16,18H2/t21-/m1/s1. The van der Waals surface area contributed by atoms with Gasteiger partial charge in [-0.15, -0.1) is 0 Å². The third-order valence-corrected chi connectivity index (χ3v) is 5.52. The maximum atomic E-state index is 14.0. The molecule has 1 saturated heterocycles. The van der Waals surface area contributed by atoms with E-state index >= 15 is 0 Å². The minimum absolute atomic E-state index is 0.189. The first kappa shape index (κ1) is 19.8. The fourth-order valence-corrected chi connectivity index (χ4v) is 4.02. The number of aliphatic hydroxyl groups excluding tert-OH is 1. The number of rotatable bonds is 7. The van der Waals surface area contributed by atoms with Gasteiger partial charge in [-0.3, -0.25) is 9.80 Å². The van der Waals surface area contributed by atoms with Crippen LogP contribution in [0.25, 0.3) is 5.69 Å². The van der Waals surface area contributed by atoms with E-state index in [1.807, 2.05) is 24.5 Å². The van der Waals surface area contributed by atoms with E-state index < -0.39 is 0 Å². The summed E-state index contributed by atoms with van der Waals surface area (Å²) >= 11 is 0. The minimum Gasteiger partial charge on any atom is -0.396 e. The van der Waals surface area contributed by atoms with Gasteiger partial charge in [0.25, 0.3) is 0 Å². The number of hydrogen-bond acceptors (Lipinski definition) is 4. The van der Waals surface area contributed by atoms with Crippen molar-refractivity contribution in [2.75, 3.05) is 26.2 Å². The summed E-state index contributed by atoms with van der Waals surface area (Å²) in [5.74, 6) is -0.278. The molecule has 2 aromatic carbocycles. The molecule has 0 aliphatic carbocycles. The van der Waals surface area contributed by atoms with Crippen molar-refractivity contribution in [2.45, 2.75) is 25.6 Å². The first-order valence-electron chi connectivity index (χ1n) is 10.1. The molecule has 1 fully saturated rings. The molecule has 0 saturated carbocycles. The second-order valence-corrected chi connectivity index (χ2v) is 7.60. The lowest BCUT2D eigenvalue weighted by molar-refractivity contribution is 0.0500. The van der Waals surface area contributed by atoms with Crippen LogP contribution in [0.4, 0.5) is 4.39 Å². The van der Waals surface area contributed by atoms with Crippen LogP contribution in [0.1, 0.15) is 17.5 Å². The molecular weight excluding hydrogens is 367 g/mol. The van der Waals surface area contributed by atoms with Crippen molar-refractivity contribution in [1.29, 1.82) is 0 Å². The quantitative estimate of drug-likeness (QED) is 0.669. The van der Waals surface area contributed by atoms with Crippen molar-refractivity contribution in [3.63, 3.8) is 0 Å². The van der Waals surface area contributed by atoms with Crippen molar-refractivity contribution in [2.24, 2.45) is 0 Å². The van der Waals surface area contributed by atoms with Crippen molar-refractivity contribution in [1.82, 2.24) is 19.6 Å². The number of hydrogen-bond donors (Lipinski definition) is 1. The smallest absolute Gasteiger partial charge is 0.148 e. The molecule has 0 spiro atoms. The maximum absolute atomic E-state index is 14.0. The van der Waals surface area contributed by atoms with Crippen LogP contribution in [0.2, 0.25) is 0 Å². The molecule has 3 aromatic rings. The summed E-state index contributed by atoms with van der Waals surface area (Å²) in [5, 5.41) is 13.9. The van der Waals surface area contributed by atoms with E-state index in [0.717, 1.165) is 44.7 Å². The van der Waals surface area contributed by atoms with E-state index in [9.17, 15) is 9.50 Å². The third-order valence-electron chi connectivity index (χ3n) is 5.52. The molecule has 29 heavy (non-hydrogen) atoms. The van der Waals surface area contributed by atoms with Gasteiger partial charge in [0.15, 0.2) is 0 Å². The summed E-state index contributed by atoms with van der Waals surface area (Å²) in [6.07, 6.45) is 4.47. The van der Waals surface area contributed by atoms with E-state index in [0.29, 0.717) is 11.7 Å². The van der Waals surface area contributed by atoms with E-state index in [2.05, 4.69) is 39.2 Å². The van der Waals surface area contributed by atoms with E-state index in [-0.39, 0.29) is 12.4 Å². The van der Waals surface area contributed by atoms with Crippen LogP contribution in [-0.4, -0.2) is 57.0 Å². The molecule has 152 valence electrons. The van der Waals surface area contributed by atoms with Gasteiger partial charge in [0.05, 0.1) is 6.20 Å². The van der Waals surface area contributed by atoms with Crippen LogP contribution in [0.5, 0.6) is 0 Å². The Morgan fingerprint density at radius 1 is 0.966 bits per heavy atom. The normalized spacial score (nSPS) is 18.2. The average molecular weight is 394 g/mol. The predicted octanol–water partition coefficient (Wildman–Crippen LogP) is 3.08. The lowest BCUT2D eigenvalue weighted by Gasteiger charge is -2.41. The summed E-state index contributed by atoms with van der Waals surface area (Å²) in [7, 11) is 0. The van der Waals surface area contributed by atoms with Crippen LogP contribution in [0.3, 0.4) is 0 Å². The Balaban J connectivity index is 1.40. The Bertz CT molecular complexity index is 914. The molecule has 1 atom stereocenters. The summed E-state index contributed by atoms with van der Waals surface area (Å²) < 4.78 is 15.6. The number of nitrogens with zero attached hydrogens (tertiary/aromatic N) is 4. The third kappa shape index (κ3) is 4.90. The van der Waals surface area contributed by atoms with Gasteiger partial charge in [-0.1, -0.05) is 42.5 Å². The Kier molecular flexibility index (Phi) is 6.34. The van der Waals surface area contributed by atoms with Gasteiger partial charge < -0.3 is 5.11 Å². The maximum Gasteiger partial charge on any atom is 0.148 e. The predicted molar refractivity (Wildman–Crippen MR) is 111 cm³/mol. The van der Waals surface area contributed by atoms with Crippen LogP contribution in [0, 0.1) is 5.82 Å². The highest BCUT2D eigenvalue weighted by atomic mass is 19.1. The zero-order valence-corrected chi connectivity index (χ0v) is 16.5. The summed E-state index contributed by atoms with van der Waals surface area (Å²) in [6.45, 7) is 4.69. The molecule has 1 aliphatic rings. The topological polar surface area (TPSA) is 44.5 Å². The number of halogens is 1. The molecule has 2 heterocycles. The van der Waals surface area contributed by atoms with Gasteiger partial charge in [-0.2, -0.15) is 5.10 Å².